The predicted molar refractivity (Wildman–Crippen MR) is 18.2 cm³/mol. The summed E-state index contributed by atoms with van der Waals surface area (Å²) in [5.41, 5.74) is 0. The molecule has 0 rings (SSSR count). The van der Waals surface area contributed by atoms with Gasteiger partial charge in [-0.25, -0.2) is 0 Å². The molecule has 0 aliphatic rings. The van der Waals surface area contributed by atoms with Crippen LogP contribution in [0.5, 0.6) is 0 Å². The van der Waals surface area contributed by atoms with Crippen LogP contribution in [0.15, 0.2) is 0 Å². The molecule has 0 aromatic heterocycles. The summed E-state index contributed by atoms with van der Waals surface area (Å²) in [6, 6.07) is 0. The molecule has 6 heteroatoms. The summed E-state index contributed by atoms with van der Waals surface area (Å²) in [6.07, 6.45) is 0. The molecule has 0 unspecified atom stereocenters. The molecular weight excluding hydrogens is 271 g/mol. The first-order valence-corrected chi connectivity index (χ1v) is 7.96. The Kier molecular flexibility index (Phi) is 18.3. The summed E-state index contributed by atoms with van der Waals surface area (Å²) >= 11 is -1.00. The first-order chi connectivity index (χ1) is 2.73. The molecule has 1 nitrogen and oxygen atoms in total. The van der Waals surface area contributed by atoms with Crippen molar-refractivity contribution in [3.8, 4) is 0 Å². The van der Waals surface area contributed by atoms with Gasteiger partial charge in [-0.3, -0.25) is 0 Å². The van der Waals surface area contributed by atoms with E-state index in [-0.39, 0.29) is 0 Å². The predicted octanol–water partition coefficient (Wildman–Crippen LogP) is 1.94. The van der Waals surface area contributed by atoms with E-state index >= 15 is 0 Å². The average molecular weight is 271 g/mol. The minimum absolute atomic E-state index is 0.750. The molecule has 0 aliphatic heterocycles. The van der Waals surface area contributed by atoms with Crippen molar-refractivity contribution in [2.24, 2.45) is 0 Å². The Bertz CT molecular complexity index is 22.0. The van der Waals surface area contributed by atoms with E-state index in [1.807, 2.05) is 0 Å². The second-order valence-electron chi connectivity index (χ2n) is 0.152. The van der Waals surface area contributed by atoms with Crippen LogP contribution in [0.4, 0.5) is 0 Å². The van der Waals surface area contributed by atoms with E-state index < -0.39 is 13.0 Å². The maximum absolute atomic E-state index is 8.25. The number of halogens is 3. The fraction of sp³-hybridized carbons (Fsp3) is 0. The molecule has 0 fully saturated rings. The van der Waals surface area contributed by atoms with Gasteiger partial charge in [0.05, 0.1) is 0 Å². The third-order valence-corrected chi connectivity index (χ3v) is 0. The minimum atomic E-state index is -1.75. The fourth-order valence-corrected chi connectivity index (χ4v) is 0. The summed E-state index contributed by atoms with van der Waals surface area (Å²) in [5, 5.41) is 0. The van der Waals surface area contributed by atoms with E-state index in [2.05, 4.69) is 0 Å². The second kappa shape index (κ2) is 10.1. The molecule has 0 spiro atoms. The van der Waals surface area contributed by atoms with E-state index in [0.717, 1.165) is 20.4 Å². The van der Waals surface area contributed by atoms with Gasteiger partial charge in [0.1, 0.15) is 0 Å². The van der Waals surface area contributed by atoms with E-state index in [4.69, 9.17) is 32.4 Å². The van der Waals surface area contributed by atoms with E-state index in [1.165, 1.54) is 0 Å². The van der Waals surface area contributed by atoms with Crippen LogP contribution < -0.4 is 0 Å². The Balaban J connectivity index is 0. The molecule has 0 amide bonds. The van der Waals surface area contributed by atoms with E-state index in [0.29, 0.717) is 0 Å². The topological polar surface area (TPSA) is 17.1 Å². The van der Waals surface area contributed by atoms with Crippen LogP contribution in [0, 0.1) is 0 Å². The molecule has 0 bridgehead atoms. The van der Waals surface area contributed by atoms with Crippen molar-refractivity contribution in [1.29, 1.82) is 0 Å². The first kappa shape index (κ1) is 10.9. The first-order valence-electron chi connectivity index (χ1n) is 0.605. The van der Waals surface area contributed by atoms with Crippen molar-refractivity contribution in [2.45, 2.75) is 0 Å². The molecule has 0 saturated carbocycles. The van der Waals surface area contributed by atoms with Gasteiger partial charge in [-0.1, -0.05) is 0 Å². The number of rotatable bonds is 0. The molecule has 0 N–H and O–H groups in total. The van der Waals surface area contributed by atoms with E-state index in [1.54, 1.807) is 0 Å². The van der Waals surface area contributed by atoms with Crippen LogP contribution in [0.25, 0.3) is 0 Å². The zero-order valence-electron chi connectivity index (χ0n) is 2.40. The van der Waals surface area contributed by atoms with Crippen molar-refractivity contribution < 1.29 is 36.7 Å². The van der Waals surface area contributed by atoms with Crippen LogP contribution in [-0.2, 0) is 36.7 Å². The maximum atomic E-state index is 8.25. The van der Waals surface area contributed by atoms with Crippen molar-refractivity contribution in [3.63, 3.8) is 0 Å². The average Bonchev–Trinajstić information content (AvgIpc) is 1.41. The van der Waals surface area contributed by atoms with Crippen molar-refractivity contribution in [1.82, 2.24) is 0 Å². The Morgan fingerprint density at radius 3 is 1.17 bits per heavy atom. The fourth-order valence-electron chi connectivity index (χ4n) is 0. The Morgan fingerprint density at radius 1 is 1.17 bits per heavy atom. The van der Waals surface area contributed by atoms with Crippen molar-refractivity contribution in [3.05, 3.63) is 0 Å². The third kappa shape index (κ3) is 37.4. The molecule has 0 heterocycles. The molecule has 0 aliphatic carbocycles. The molecule has 0 aromatic carbocycles. The Morgan fingerprint density at radius 2 is 1.17 bits per heavy atom. The quantitative estimate of drug-likeness (QED) is 0.615. The standard InChI is InChI=1S/3ClH.O.Ru.Ti/h3*1H;;;/q;;;;+3;/p-3. The van der Waals surface area contributed by atoms with Crippen LogP contribution in [-0.4, -0.2) is 0 Å². The zero-order chi connectivity index (χ0) is 5.58. The molecule has 0 saturated heterocycles. The molecule has 0 atom stereocenters. The summed E-state index contributed by atoms with van der Waals surface area (Å²) in [4.78, 5) is 0. The van der Waals surface area contributed by atoms with Gasteiger partial charge in [0.15, 0.2) is 0 Å². The van der Waals surface area contributed by atoms with Crippen molar-refractivity contribution in [2.75, 3.05) is 0 Å². The van der Waals surface area contributed by atoms with Gasteiger partial charge in [0.2, 0.25) is 0 Å². The van der Waals surface area contributed by atoms with Gasteiger partial charge in [0, 0.05) is 0 Å². The van der Waals surface area contributed by atoms with Gasteiger partial charge in [-0.05, 0) is 0 Å². The summed E-state index contributed by atoms with van der Waals surface area (Å²) < 4.78 is 8.25. The van der Waals surface area contributed by atoms with Gasteiger partial charge in [-0.15, -0.1) is 0 Å². The second-order valence-corrected chi connectivity index (χ2v) is 8.07. The monoisotopic (exact) mass is 271 g/mol. The molecular formula is Cl3ORuTi. The Labute approximate surface area is 65.1 Å². The van der Waals surface area contributed by atoms with Crippen LogP contribution in [0.1, 0.15) is 0 Å². The van der Waals surface area contributed by atoms with Crippen LogP contribution >= 0.6 is 29.1 Å². The normalized spacial score (nSPS) is 8.00. The molecule has 39 valence electrons. The van der Waals surface area contributed by atoms with Gasteiger partial charge < -0.3 is 0 Å². The van der Waals surface area contributed by atoms with Crippen molar-refractivity contribution >= 4 is 29.1 Å². The zero-order valence-corrected chi connectivity index (χ0v) is 7.96. The summed E-state index contributed by atoms with van der Waals surface area (Å²) in [6.45, 7) is 0. The van der Waals surface area contributed by atoms with Gasteiger partial charge in [0.25, 0.3) is 0 Å². The van der Waals surface area contributed by atoms with E-state index in [9.17, 15) is 0 Å². The van der Waals surface area contributed by atoms with Crippen LogP contribution in [0.2, 0.25) is 0 Å². The summed E-state index contributed by atoms with van der Waals surface area (Å²) in [7, 11) is 14.8. The Hall–Kier alpha value is 2.01. The van der Waals surface area contributed by atoms with Gasteiger partial charge in [-0.2, -0.15) is 0 Å². The van der Waals surface area contributed by atoms with Crippen LogP contribution in [0.3, 0.4) is 0 Å². The SMILES string of the molecule is [Cl][Ru]([Cl])[Cl].[O]=[Ti]. The number of hydrogen-bond acceptors (Lipinski definition) is 1. The number of hydrogen-bond donors (Lipinski definition) is 0. The molecule has 0 radical (unpaired) electrons. The summed E-state index contributed by atoms with van der Waals surface area (Å²) in [5.74, 6) is 0. The molecule has 0 aromatic rings. The molecule has 6 heavy (non-hydrogen) atoms. The third-order valence-electron chi connectivity index (χ3n) is 0. The van der Waals surface area contributed by atoms with Gasteiger partial charge >= 0.3 is 65.8 Å².